The van der Waals surface area contributed by atoms with Crippen molar-refractivity contribution in [2.45, 2.75) is 0 Å². The maximum absolute atomic E-state index is 8.48. The fraction of sp³-hybridized carbons (Fsp3) is 1.00. The molecule has 0 bridgehead atoms. The smallest absolute Gasteiger partial charge is 0.395 e. The number of hydrogen-bond acceptors (Lipinski definition) is 4. The molecule has 0 saturated heterocycles. The van der Waals surface area contributed by atoms with Gasteiger partial charge in [-0.2, -0.15) is 0 Å². The number of hydrogen-bond donors (Lipinski definition) is 3. The van der Waals surface area contributed by atoms with Gasteiger partial charge in [-0.1, -0.05) is 0 Å². The van der Waals surface area contributed by atoms with Crippen LogP contribution < -0.4 is 0 Å². The molecule has 0 spiro atoms. The molecular weight excluding hydrogens is 199 g/mol. The molecule has 0 aromatic heterocycles. The second kappa shape index (κ2) is 10.5. The first kappa shape index (κ1) is 14.0. The average Bonchev–Trinajstić information content (AvgIpc) is 1.90. The Kier molecular flexibility index (Phi) is 13.3. The second-order valence-electron chi connectivity index (χ2n) is 2.01. The Bertz CT molecular complexity index is 60.6. The molecule has 0 rings (SSSR count). The van der Waals surface area contributed by atoms with Gasteiger partial charge in [0.1, 0.15) is 0 Å². The standard InChI is InChI=1S/C6H15NO3.Zn/c8-4-1-7(2-5-9)3-6-10;/h8-10H,1-6H2;/q;+2. The molecular formula is C6H15NO3Zn+2. The quantitative estimate of drug-likeness (QED) is 0.460. The average molecular weight is 215 g/mol. The van der Waals surface area contributed by atoms with Crippen molar-refractivity contribution in [3.63, 3.8) is 0 Å². The summed E-state index contributed by atoms with van der Waals surface area (Å²) in [6, 6.07) is 0. The first-order chi connectivity index (χ1) is 4.85. The molecule has 4 nitrogen and oxygen atoms in total. The number of aliphatic hydroxyl groups excluding tert-OH is 3. The third-order valence-corrected chi connectivity index (χ3v) is 1.25. The van der Waals surface area contributed by atoms with Crippen LogP contribution in [0.2, 0.25) is 0 Å². The molecule has 0 aliphatic heterocycles. The van der Waals surface area contributed by atoms with E-state index in [4.69, 9.17) is 15.3 Å². The summed E-state index contributed by atoms with van der Waals surface area (Å²) in [5, 5.41) is 25.5. The van der Waals surface area contributed by atoms with Crippen LogP contribution in [0, 0.1) is 0 Å². The molecule has 3 N–H and O–H groups in total. The van der Waals surface area contributed by atoms with Crippen LogP contribution in [0.3, 0.4) is 0 Å². The summed E-state index contributed by atoms with van der Waals surface area (Å²) in [5.41, 5.74) is 0. The molecule has 0 aromatic carbocycles. The monoisotopic (exact) mass is 213 g/mol. The molecule has 0 fully saturated rings. The minimum absolute atomic E-state index is 0. The molecule has 62 valence electrons. The Morgan fingerprint density at radius 3 is 1.18 bits per heavy atom. The van der Waals surface area contributed by atoms with Crippen molar-refractivity contribution >= 4 is 0 Å². The van der Waals surface area contributed by atoms with Gasteiger partial charge in [-0.25, -0.2) is 0 Å². The molecule has 11 heavy (non-hydrogen) atoms. The van der Waals surface area contributed by atoms with Gasteiger partial charge in [-0.3, -0.25) is 4.90 Å². The molecule has 0 saturated carbocycles. The molecule has 0 amide bonds. The van der Waals surface area contributed by atoms with Crippen LogP contribution in [0.25, 0.3) is 0 Å². The van der Waals surface area contributed by atoms with E-state index in [1.807, 2.05) is 0 Å². The van der Waals surface area contributed by atoms with Crippen LogP contribution in [0.4, 0.5) is 0 Å². The third-order valence-electron chi connectivity index (χ3n) is 1.25. The van der Waals surface area contributed by atoms with Gasteiger partial charge in [0.05, 0.1) is 19.8 Å². The Morgan fingerprint density at radius 1 is 0.727 bits per heavy atom. The van der Waals surface area contributed by atoms with Crippen molar-refractivity contribution < 1.29 is 34.8 Å². The number of nitrogens with zero attached hydrogens (tertiary/aromatic N) is 1. The fourth-order valence-corrected chi connectivity index (χ4v) is 0.760. The van der Waals surface area contributed by atoms with Crippen LogP contribution in [0.1, 0.15) is 0 Å². The van der Waals surface area contributed by atoms with Crippen molar-refractivity contribution in [3.8, 4) is 0 Å². The Balaban J connectivity index is 0. The van der Waals surface area contributed by atoms with Gasteiger partial charge in [0.25, 0.3) is 0 Å². The summed E-state index contributed by atoms with van der Waals surface area (Å²) in [4.78, 5) is 1.79. The molecule has 0 aliphatic rings. The van der Waals surface area contributed by atoms with Gasteiger partial charge >= 0.3 is 19.5 Å². The van der Waals surface area contributed by atoms with Gasteiger partial charge in [-0.15, -0.1) is 0 Å². The number of aliphatic hydroxyl groups is 3. The van der Waals surface area contributed by atoms with Crippen molar-refractivity contribution in [2.75, 3.05) is 39.5 Å². The SMILES string of the molecule is OCCN(CCO)CCO.[Zn+2]. The van der Waals surface area contributed by atoms with Crippen LogP contribution in [0.15, 0.2) is 0 Å². The largest absolute Gasteiger partial charge is 2.00 e. The predicted molar refractivity (Wildman–Crippen MR) is 37.7 cm³/mol. The van der Waals surface area contributed by atoms with Crippen molar-refractivity contribution in [1.29, 1.82) is 0 Å². The molecule has 0 radical (unpaired) electrons. The van der Waals surface area contributed by atoms with E-state index in [1.165, 1.54) is 0 Å². The van der Waals surface area contributed by atoms with E-state index in [9.17, 15) is 0 Å². The Hall–Kier alpha value is 0.463. The van der Waals surface area contributed by atoms with Crippen molar-refractivity contribution in [2.24, 2.45) is 0 Å². The maximum atomic E-state index is 8.48. The van der Waals surface area contributed by atoms with Gasteiger partial charge in [0.15, 0.2) is 0 Å². The van der Waals surface area contributed by atoms with Crippen molar-refractivity contribution in [1.82, 2.24) is 4.90 Å². The van der Waals surface area contributed by atoms with E-state index in [1.54, 1.807) is 4.90 Å². The molecule has 0 unspecified atom stereocenters. The molecule has 0 aliphatic carbocycles. The van der Waals surface area contributed by atoms with Crippen LogP contribution in [0.5, 0.6) is 0 Å². The maximum Gasteiger partial charge on any atom is 2.00 e. The summed E-state index contributed by atoms with van der Waals surface area (Å²) >= 11 is 0. The van der Waals surface area contributed by atoms with E-state index in [0.717, 1.165) is 0 Å². The zero-order valence-electron chi connectivity index (χ0n) is 6.74. The first-order valence-electron chi connectivity index (χ1n) is 3.40. The second-order valence-corrected chi connectivity index (χ2v) is 2.01. The number of rotatable bonds is 6. The first-order valence-corrected chi connectivity index (χ1v) is 3.40. The van der Waals surface area contributed by atoms with E-state index in [2.05, 4.69) is 0 Å². The molecule has 0 atom stereocenters. The van der Waals surface area contributed by atoms with Gasteiger partial charge in [0, 0.05) is 19.6 Å². The van der Waals surface area contributed by atoms with Crippen LogP contribution >= 0.6 is 0 Å². The Morgan fingerprint density at radius 2 is 1.00 bits per heavy atom. The van der Waals surface area contributed by atoms with Crippen molar-refractivity contribution in [3.05, 3.63) is 0 Å². The topological polar surface area (TPSA) is 63.9 Å². The zero-order valence-corrected chi connectivity index (χ0v) is 9.71. The minimum Gasteiger partial charge on any atom is -0.395 e. The van der Waals surface area contributed by atoms with Gasteiger partial charge in [-0.05, 0) is 0 Å². The molecule has 0 heterocycles. The van der Waals surface area contributed by atoms with E-state index < -0.39 is 0 Å². The summed E-state index contributed by atoms with van der Waals surface area (Å²) in [7, 11) is 0. The van der Waals surface area contributed by atoms with E-state index in [0.29, 0.717) is 19.6 Å². The summed E-state index contributed by atoms with van der Waals surface area (Å²) in [5.74, 6) is 0. The van der Waals surface area contributed by atoms with E-state index in [-0.39, 0.29) is 39.3 Å². The minimum atomic E-state index is 0. The van der Waals surface area contributed by atoms with Gasteiger partial charge < -0.3 is 15.3 Å². The fourth-order valence-electron chi connectivity index (χ4n) is 0.760. The summed E-state index contributed by atoms with van der Waals surface area (Å²) < 4.78 is 0. The van der Waals surface area contributed by atoms with Crippen LogP contribution in [-0.2, 0) is 19.5 Å². The normalized spacial score (nSPS) is 9.82. The third kappa shape index (κ3) is 8.37. The molecule has 0 aromatic rings. The van der Waals surface area contributed by atoms with Gasteiger partial charge in [0.2, 0.25) is 0 Å². The predicted octanol–water partition coefficient (Wildman–Crippen LogP) is -1.74. The van der Waals surface area contributed by atoms with Crippen LogP contribution in [-0.4, -0.2) is 59.7 Å². The zero-order chi connectivity index (χ0) is 7.82. The molecule has 5 heteroatoms. The van der Waals surface area contributed by atoms with E-state index >= 15 is 0 Å². The summed E-state index contributed by atoms with van der Waals surface area (Å²) in [6.45, 7) is 1.75. The Labute approximate surface area is 79.6 Å². The summed E-state index contributed by atoms with van der Waals surface area (Å²) in [6.07, 6.45) is 0.